The predicted molar refractivity (Wildman–Crippen MR) is 160 cm³/mol. The number of carboxylic acid groups (broad SMARTS) is 1. The zero-order chi connectivity index (χ0) is 31.9. The fourth-order valence-corrected chi connectivity index (χ4v) is 3.69. The van der Waals surface area contributed by atoms with Crippen LogP contribution in [-0.4, -0.2) is 123 Å². The van der Waals surface area contributed by atoms with Gasteiger partial charge < -0.3 is 43.9 Å². The lowest BCUT2D eigenvalue weighted by molar-refractivity contribution is -0.132. The van der Waals surface area contributed by atoms with Gasteiger partial charge in [0.05, 0.1) is 52.7 Å². The number of unbranched alkanes of at least 4 members (excludes halogenated alkanes) is 2. The highest BCUT2D eigenvalue weighted by atomic mass is 16.6. The van der Waals surface area contributed by atoms with E-state index in [9.17, 15) is 19.5 Å². The van der Waals surface area contributed by atoms with E-state index in [4.69, 9.17) is 30.1 Å². The van der Waals surface area contributed by atoms with Crippen molar-refractivity contribution in [1.29, 1.82) is 0 Å². The summed E-state index contributed by atoms with van der Waals surface area (Å²) in [5, 5.41) is 12.2. The Balaban J connectivity index is 4.44. The summed E-state index contributed by atoms with van der Waals surface area (Å²) in [6.45, 7) is 16.0. The Kier molecular flexibility index (Phi) is 21.5. The minimum atomic E-state index is -0.952. The summed E-state index contributed by atoms with van der Waals surface area (Å²) < 4.78 is 26.7. The van der Waals surface area contributed by atoms with Gasteiger partial charge in [-0.15, -0.1) is 6.42 Å². The van der Waals surface area contributed by atoms with Gasteiger partial charge in [-0.05, 0) is 67.2 Å². The fraction of sp³-hybridized carbons (Fsp3) is 0.833. The van der Waals surface area contributed by atoms with Crippen LogP contribution in [0.1, 0.15) is 73.6 Å². The van der Waals surface area contributed by atoms with Crippen LogP contribution in [0.15, 0.2) is 0 Å². The van der Waals surface area contributed by atoms with Crippen molar-refractivity contribution in [2.24, 2.45) is 0 Å². The Labute approximate surface area is 252 Å². The van der Waals surface area contributed by atoms with Crippen LogP contribution in [0.3, 0.4) is 0 Å². The fourth-order valence-electron chi connectivity index (χ4n) is 3.69. The third-order valence-electron chi connectivity index (χ3n) is 5.74. The summed E-state index contributed by atoms with van der Waals surface area (Å²) in [7, 11) is 0. The molecule has 12 heteroatoms. The Morgan fingerprint density at radius 1 is 0.762 bits per heavy atom. The molecule has 0 aliphatic heterocycles. The molecule has 0 unspecified atom stereocenters. The normalized spacial score (nSPS) is 11.5. The molecule has 0 atom stereocenters. The van der Waals surface area contributed by atoms with Crippen molar-refractivity contribution in [2.75, 3.05) is 79.0 Å². The third-order valence-corrected chi connectivity index (χ3v) is 5.74. The molecule has 2 N–H and O–H groups in total. The molecule has 0 aromatic rings. The third kappa shape index (κ3) is 23.0. The molecule has 0 saturated carbocycles. The SMILES string of the molecule is C#CCOCCOCCOCCOCCC(=O)N(CCCCNC(=O)OC(C)(C)C)CCCCN(C(=O)O)C(C)(C)C. The van der Waals surface area contributed by atoms with Gasteiger partial charge in [-0.2, -0.15) is 0 Å². The van der Waals surface area contributed by atoms with Gasteiger partial charge >= 0.3 is 12.2 Å². The molecule has 0 radical (unpaired) electrons. The van der Waals surface area contributed by atoms with Crippen molar-refractivity contribution < 1.29 is 43.2 Å². The Bertz CT molecular complexity index is 788. The second-order valence-corrected chi connectivity index (χ2v) is 11.7. The van der Waals surface area contributed by atoms with Gasteiger partial charge in [0.1, 0.15) is 12.2 Å². The first-order chi connectivity index (χ1) is 19.8. The van der Waals surface area contributed by atoms with Crippen LogP contribution in [0.25, 0.3) is 0 Å². The van der Waals surface area contributed by atoms with E-state index in [-0.39, 0.29) is 25.5 Å². The smallest absolute Gasteiger partial charge is 0.407 e. The summed E-state index contributed by atoms with van der Waals surface area (Å²) in [5.41, 5.74) is -1.05. The second-order valence-electron chi connectivity index (χ2n) is 11.7. The van der Waals surface area contributed by atoms with Crippen LogP contribution in [0.5, 0.6) is 0 Å². The standard InChI is InChI=1S/C30H55N3O9/c1-8-18-38-20-22-40-24-25-41-23-21-39-19-13-26(34)32(15-10-9-14-31-27(35)42-30(5,6)7)16-11-12-17-33(28(36)37)29(2,3)4/h1H,9-25H2,2-7H3,(H,31,35)(H,36,37). The first kappa shape index (κ1) is 39.4. The first-order valence-corrected chi connectivity index (χ1v) is 14.8. The van der Waals surface area contributed by atoms with E-state index in [2.05, 4.69) is 11.2 Å². The molecule has 244 valence electrons. The number of hydrogen-bond acceptors (Lipinski definition) is 8. The maximum Gasteiger partial charge on any atom is 0.407 e. The van der Waals surface area contributed by atoms with Crippen molar-refractivity contribution in [1.82, 2.24) is 15.1 Å². The number of ether oxygens (including phenoxy) is 5. The van der Waals surface area contributed by atoms with Crippen molar-refractivity contribution in [2.45, 2.75) is 84.8 Å². The number of hydrogen-bond donors (Lipinski definition) is 2. The lowest BCUT2D eigenvalue weighted by Gasteiger charge is -2.33. The van der Waals surface area contributed by atoms with E-state index < -0.39 is 23.3 Å². The Morgan fingerprint density at radius 3 is 1.76 bits per heavy atom. The number of terminal acetylenes is 1. The summed E-state index contributed by atoms with van der Waals surface area (Å²) in [6, 6.07) is 0. The quantitative estimate of drug-likeness (QED) is 0.132. The number of nitrogens with zero attached hydrogens (tertiary/aromatic N) is 2. The summed E-state index contributed by atoms with van der Waals surface area (Å²) >= 11 is 0. The number of carbonyl (C=O) groups is 3. The Morgan fingerprint density at radius 2 is 1.26 bits per heavy atom. The number of carbonyl (C=O) groups excluding carboxylic acids is 2. The molecule has 0 rings (SSSR count). The van der Waals surface area contributed by atoms with E-state index >= 15 is 0 Å². The number of rotatable bonds is 23. The molecule has 0 bridgehead atoms. The molecule has 0 aliphatic carbocycles. The average molecular weight is 602 g/mol. The molecule has 42 heavy (non-hydrogen) atoms. The van der Waals surface area contributed by atoms with Crippen LogP contribution in [-0.2, 0) is 28.5 Å². The largest absolute Gasteiger partial charge is 0.465 e. The van der Waals surface area contributed by atoms with E-state index in [1.165, 1.54) is 4.90 Å². The van der Waals surface area contributed by atoms with Crippen LogP contribution in [0, 0.1) is 12.3 Å². The monoisotopic (exact) mass is 601 g/mol. The molecule has 0 spiro atoms. The van der Waals surface area contributed by atoms with E-state index in [1.807, 2.05) is 41.5 Å². The van der Waals surface area contributed by atoms with Crippen molar-refractivity contribution >= 4 is 18.1 Å². The molecule has 3 amide bonds. The van der Waals surface area contributed by atoms with Crippen LogP contribution in [0.2, 0.25) is 0 Å². The highest BCUT2D eigenvalue weighted by Crippen LogP contribution is 2.15. The minimum absolute atomic E-state index is 0.0256. The highest BCUT2D eigenvalue weighted by Gasteiger charge is 2.25. The number of alkyl carbamates (subject to hydrolysis) is 1. The number of nitrogens with one attached hydrogen (secondary N) is 1. The molecular formula is C30H55N3O9. The van der Waals surface area contributed by atoms with Crippen LogP contribution in [0.4, 0.5) is 9.59 Å². The van der Waals surface area contributed by atoms with Gasteiger partial charge in [-0.1, -0.05) is 5.92 Å². The van der Waals surface area contributed by atoms with E-state index in [0.717, 1.165) is 0 Å². The molecule has 12 nitrogen and oxygen atoms in total. The van der Waals surface area contributed by atoms with Crippen molar-refractivity contribution in [3.05, 3.63) is 0 Å². The highest BCUT2D eigenvalue weighted by molar-refractivity contribution is 5.76. The zero-order valence-electron chi connectivity index (χ0n) is 26.7. The van der Waals surface area contributed by atoms with Crippen LogP contribution < -0.4 is 5.32 Å². The van der Waals surface area contributed by atoms with Gasteiger partial charge in [0.15, 0.2) is 0 Å². The number of amides is 3. The van der Waals surface area contributed by atoms with Gasteiger partial charge in [0, 0.05) is 31.7 Å². The maximum atomic E-state index is 13.0. The predicted octanol–water partition coefficient (Wildman–Crippen LogP) is 3.77. The van der Waals surface area contributed by atoms with Gasteiger partial charge in [0.2, 0.25) is 5.91 Å². The summed E-state index contributed by atoms with van der Waals surface area (Å²) in [6.07, 6.45) is 6.63. The molecule has 0 fully saturated rings. The summed E-state index contributed by atoms with van der Waals surface area (Å²) in [5.74, 6) is 2.36. The molecule has 0 aromatic heterocycles. The van der Waals surface area contributed by atoms with E-state index in [1.54, 1.807) is 4.90 Å². The van der Waals surface area contributed by atoms with Gasteiger partial charge in [-0.25, -0.2) is 9.59 Å². The van der Waals surface area contributed by atoms with Gasteiger partial charge in [-0.3, -0.25) is 4.79 Å². The Hall–Kier alpha value is -2.59. The second kappa shape index (κ2) is 22.9. The average Bonchev–Trinajstić information content (AvgIpc) is 2.87. The topological polar surface area (TPSA) is 136 Å². The first-order valence-electron chi connectivity index (χ1n) is 14.8. The molecule has 0 aromatic carbocycles. The molecule has 0 saturated heterocycles. The molecular weight excluding hydrogens is 546 g/mol. The van der Waals surface area contributed by atoms with Crippen molar-refractivity contribution in [3.8, 4) is 12.3 Å². The molecule has 0 aliphatic rings. The van der Waals surface area contributed by atoms with Crippen molar-refractivity contribution in [3.63, 3.8) is 0 Å². The van der Waals surface area contributed by atoms with Crippen LogP contribution >= 0.6 is 0 Å². The summed E-state index contributed by atoms with van der Waals surface area (Å²) in [4.78, 5) is 39.6. The minimum Gasteiger partial charge on any atom is -0.465 e. The lowest BCUT2D eigenvalue weighted by Crippen LogP contribution is -2.45. The zero-order valence-corrected chi connectivity index (χ0v) is 26.7. The lowest BCUT2D eigenvalue weighted by atomic mass is 10.1. The van der Waals surface area contributed by atoms with E-state index in [0.29, 0.717) is 91.5 Å². The van der Waals surface area contributed by atoms with Gasteiger partial charge in [0.25, 0.3) is 0 Å². The maximum absolute atomic E-state index is 13.0. The molecule has 0 heterocycles.